The van der Waals surface area contributed by atoms with Gasteiger partial charge < -0.3 is 14.2 Å². The van der Waals surface area contributed by atoms with Gasteiger partial charge >= 0.3 is 11.9 Å². The van der Waals surface area contributed by atoms with E-state index in [9.17, 15) is 9.59 Å². The Balaban J connectivity index is 1.60. The molecule has 5 nitrogen and oxygen atoms in total. The van der Waals surface area contributed by atoms with E-state index in [2.05, 4.69) is 6.58 Å². The summed E-state index contributed by atoms with van der Waals surface area (Å²) in [6.45, 7) is 7.64. The third-order valence-electron chi connectivity index (χ3n) is 4.71. The van der Waals surface area contributed by atoms with Crippen LogP contribution in [0.25, 0.3) is 0 Å². The van der Waals surface area contributed by atoms with Gasteiger partial charge in [-0.3, -0.25) is 4.79 Å². The minimum Gasteiger partial charge on any atom is -0.463 e. The monoisotopic (exact) mass is 330 g/mol. The lowest BCUT2D eigenvalue weighted by Crippen LogP contribution is -2.34. The van der Waals surface area contributed by atoms with Gasteiger partial charge in [-0.05, 0) is 37.5 Å². The van der Waals surface area contributed by atoms with Crippen molar-refractivity contribution in [2.75, 3.05) is 6.61 Å². The number of esters is 2. The summed E-state index contributed by atoms with van der Waals surface area (Å²) in [5.41, 5.74) is 2.13. The summed E-state index contributed by atoms with van der Waals surface area (Å²) in [5, 5.41) is 0. The van der Waals surface area contributed by atoms with Crippen LogP contribution in [0.1, 0.15) is 42.1 Å². The van der Waals surface area contributed by atoms with Crippen molar-refractivity contribution in [1.82, 2.24) is 0 Å². The number of epoxide rings is 1. The minimum absolute atomic E-state index is 0.185. The second-order valence-electron chi connectivity index (χ2n) is 6.54. The summed E-state index contributed by atoms with van der Waals surface area (Å²) in [6, 6.07) is 7.32. The Kier molecular flexibility index (Phi) is 4.45. The van der Waals surface area contributed by atoms with Gasteiger partial charge in [-0.15, -0.1) is 0 Å². The third kappa shape index (κ3) is 3.36. The Hall–Kier alpha value is -2.14. The summed E-state index contributed by atoms with van der Waals surface area (Å²) >= 11 is 0. The maximum Gasteiger partial charge on any atom is 0.338 e. The summed E-state index contributed by atoms with van der Waals surface area (Å²) in [6.07, 6.45) is 1.64. The number of benzene rings is 1. The molecule has 1 spiro atoms. The normalized spacial score (nSPS) is 28.5. The predicted octanol–water partition coefficient (Wildman–Crippen LogP) is 2.96. The number of carbonyl (C=O) groups is 2. The second kappa shape index (κ2) is 6.40. The van der Waals surface area contributed by atoms with Gasteiger partial charge in [0.05, 0.1) is 5.56 Å². The SMILES string of the molecule is C=C1CCC(OC(=O)c2ccc(C)cc2)CC12OC2COC(C)=O. The number of ether oxygens (including phenoxy) is 3. The van der Waals surface area contributed by atoms with Crippen LogP contribution in [0.4, 0.5) is 0 Å². The first-order chi connectivity index (χ1) is 11.4. The van der Waals surface area contributed by atoms with Crippen molar-refractivity contribution in [2.24, 2.45) is 0 Å². The van der Waals surface area contributed by atoms with Crippen LogP contribution in [-0.4, -0.2) is 36.4 Å². The molecule has 1 aromatic carbocycles. The Labute approximate surface area is 141 Å². The maximum absolute atomic E-state index is 12.3. The Morgan fingerprint density at radius 1 is 1.33 bits per heavy atom. The zero-order valence-corrected chi connectivity index (χ0v) is 14.0. The van der Waals surface area contributed by atoms with Gasteiger partial charge in [0.2, 0.25) is 0 Å². The zero-order valence-electron chi connectivity index (χ0n) is 14.0. The molecular weight excluding hydrogens is 308 g/mol. The van der Waals surface area contributed by atoms with Crippen LogP contribution in [0.15, 0.2) is 36.4 Å². The van der Waals surface area contributed by atoms with Crippen LogP contribution in [0.5, 0.6) is 0 Å². The molecule has 0 aromatic heterocycles. The van der Waals surface area contributed by atoms with E-state index in [1.54, 1.807) is 12.1 Å². The van der Waals surface area contributed by atoms with Crippen LogP contribution < -0.4 is 0 Å². The predicted molar refractivity (Wildman–Crippen MR) is 87.6 cm³/mol. The lowest BCUT2D eigenvalue weighted by molar-refractivity contribution is -0.141. The smallest absolute Gasteiger partial charge is 0.338 e. The quantitative estimate of drug-likeness (QED) is 0.482. The standard InChI is InChI=1S/C19H22O5/c1-12-4-7-15(8-5-12)18(21)23-16-9-6-13(2)19(10-16)17(24-19)11-22-14(3)20/h4-5,7-8,16-17H,2,6,9-11H2,1,3H3. The molecule has 1 aliphatic carbocycles. The van der Waals surface area contributed by atoms with Gasteiger partial charge in [0.25, 0.3) is 0 Å². The maximum atomic E-state index is 12.3. The molecule has 24 heavy (non-hydrogen) atoms. The molecule has 3 unspecified atom stereocenters. The molecule has 1 saturated carbocycles. The van der Waals surface area contributed by atoms with Gasteiger partial charge in [0.15, 0.2) is 0 Å². The molecule has 0 bridgehead atoms. The van der Waals surface area contributed by atoms with Crippen molar-refractivity contribution >= 4 is 11.9 Å². The first kappa shape index (κ1) is 16.7. The molecule has 1 aromatic rings. The third-order valence-corrected chi connectivity index (χ3v) is 4.71. The van der Waals surface area contributed by atoms with Gasteiger partial charge in [-0.25, -0.2) is 4.79 Å². The average molecular weight is 330 g/mol. The van der Waals surface area contributed by atoms with E-state index in [1.807, 2.05) is 19.1 Å². The molecule has 1 saturated heterocycles. The summed E-state index contributed by atoms with van der Waals surface area (Å²) in [5.74, 6) is -0.649. The number of hydrogen-bond donors (Lipinski definition) is 0. The van der Waals surface area contributed by atoms with Crippen molar-refractivity contribution in [3.63, 3.8) is 0 Å². The average Bonchev–Trinajstić information content (AvgIpc) is 3.23. The van der Waals surface area contributed by atoms with Crippen LogP contribution in [0.3, 0.4) is 0 Å². The van der Waals surface area contributed by atoms with Crippen LogP contribution in [0, 0.1) is 6.92 Å². The van der Waals surface area contributed by atoms with E-state index in [0.29, 0.717) is 12.0 Å². The van der Waals surface area contributed by atoms with Gasteiger partial charge in [-0.2, -0.15) is 0 Å². The fourth-order valence-corrected chi connectivity index (χ4v) is 3.21. The molecular formula is C19H22O5. The van der Waals surface area contributed by atoms with E-state index >= 15 is 0 Å². The van der Waals surface area contributed by atoms with Gasteiger partial charge in [0, 0.05) is 13.3 Å². The van der Waals surface area contributed by atoms with Crippen molar-refractivity contribution in [3.05, 3.63) is 47.5 Å². The summed E-state index contributed by atoms with van der Waals surface area (Å²) < 4.78 is 16.4. The fraction of sp³-hybridized carbons (Fsp3) is 0.474. The van der Waals surface area contributed by atoms with Crippen molar-refractivity contribution < 1.29 is 23.8 Å². The fourth-order valence-electron chi connectivity index (χ4n) is 3.21. The molecule has 128 valence electrons. The van der Waals surface area contributed by atoms with E-state index in [0.717, 1.165) is 24.0 Å². The summed E-state index contributed by atoms with van der Waals surface area (Å²) in [4.78, 5) is 23.2. The molecule has 2 aliphatic rings. The highest BCUT2D eigenvalue weighted by Crippen LogP contribution is 2.51. The molecule has 1 heterocycles. The summed E-state index contributed by atoms with van der Waals surface area (Å²) in [7, 11) is 0. The van der Waals surface area contributed by atoms with Gasteiger partial charge in [-0.1, -0.05) is 24.3 Å². The number of rotatable bonds is 4. The highest BCUT2D eigenvalue weighted by molar-refractivity contribution is 5.89. The molecule has 3 atom stereocenters. The number of aryl methyl sites for hydroxylation is 1. The second-order valence-corrected chi connectivity index (χ2v) is 6.54. The van der Waals surface area contributed by atoms with E-state index in [4.69, 9.17) is 14.2 Å². The number of hydrogen-bond acceptors (Lipinski definition) is 5. The van der Waals surface area contributed by atoms with Crippen molar-refractivity contribution in [1.29, 1.82) is 0 Å². The Bertz CT molecular complexity index is 663. The minimum atomic E-state index is -0.508. The largest absolute Gasteiger partial charge is 0.463 e. The van der Waals surface area contributed by atoms with E-state index < -0.39 is 5.60 Å². The first-order valence-electron chi connectivity index (χ1n) is 8.18. The molecule has 1 aliphatic heterocycles. The Morgan fingerprint density at radius 3 is 2.71 bits per heavy atom. The van der Waals surface area contributed by atoms with E-state index in [-0.39, 0.29) is 30.8 Å². The van der Waals surface area contributed by atoms with Crippen LogP contribution in [-0.2, 0) is 19.0 Å². The van der Waals surface area contributed by atoms with Crippen molar-refractivity contribution in [3.8, 4) is 0 Å². The molecule has 0 radical (unpaired) electrons. The number of carbonyl (C=O) groups excluding carboxylic acids is 2. The van der Waals surface area contributed by atoms with E-state index in [1.165, 1.54) is 6.92 Å². The molecule has 2 fully saturated rings. The molecule has 5 heteroatoms. The van der Waals surface area contributed by atoms with Crippen LogP contribution in [0.2, 0.25) is 0 Å². The lowest BCUT2D eigenvalue weighted by Gasteiger charge is -2.29. The lowest BCUT2D eigenvalue weighted by atomic mass is 9.81. The topological polar surface area (TPSA) is 65.1 Å². The molecule has 3 rings (SSSR count). The van der Waals surface area contributed by atoms with Crippen LogP contribution >= 0.6 is 0 Å². The zero-order chi connectivity index (χ0) is 17.3. The Morgan fingerprint density at radius 2 is 2.04 bits per heavy atom. The molecule has 0 N–H and O–H groups in total. The van der Waals surface area contributed by atoms with Crippen molar-refractivity contribution in [2.45, 2.75) is 50.9 Å². The highest BCUT2D eigenvalue weighted by Gasteiger charge is 2.61. The first-order valence-corrected chi connectivity index (χ1v) is 8.18. The molecule has 0 amide bonds. The highest BCUT2D eigenvalue weighted by atomic mass is 16.6. The van der Waals surface area contributed by atoms with Gasteiger partial charge in [0.1, 0.15) is 24.4 Å².